The standard InChI is InChI=1S/C27H26F4/c1-17-7-15-22(26(30)24(17)28)20-11-8-18(9-12-20)10-13-21-14-16-23(27(31)25(21)29)19-5-3-2-4-6-19/h7-9,11-12,14-16,19H,2-6,10,13H2,1H3. The summed E-state index contributed by atoms with van der Waals surface area (Å²) in [5, 5.41) is 0. The molecule has 0 heterocycles. The SMILES string of the molecule is Cc1ccc(-c2ccc(CCc3ccc(C4CCCCC4)c(F)c3F)cc2)c(F)c1F. The van der Waals surface area contributed by atoms with Gasteiger partial charge in [-0.05, 0) is 66.3 Å². The van der Waals surface area contributed by atoms with Gasteiger partial charge >= 0.3 is 0 Å². The highest BCUT2D eigenvalue weighted by Gasteiger charge is 2.22. The summed E-state index contributed by atoms with van der Waals surface area (Å²) in [7, 11) is 0. The van der Waals surface area contributed by atoms with Crippen LogP contribution in [0.25, 0.3) is 11.1 Å². The molecule has 0 N–H and O–H groups in total. The third kappa shape index (κ3) is 4.53. The molecule has 0 atom stereocenters. The van der Waals surface area contributed by atoms with Gasteiger partial charge < -0.3 is 0 Å². The number of halogens is 4. The Kier molecular flexibility index (Phi) is 6.45. The van der Waals surface area contributed by atoms with E-state index in [2.05, 4.69) is 0 Å². The smallest absolute Gasteiger partial charge is 0.166 e. The molecule has 1 aliphatic carbocycles. The van der Waals surface area contributed by atoms with Crippen LogP contribution in [0, 0.1) is 30.2 Å². The minimum absolute atomic E-state index is 0.122. The number of benzene rings is 3. The molecule has 0 radical (unpaired) electrons. The second-order valence-corrected chi connectivity index (χ2v) is 8.53. The minimum atomic E-state index is -0.858. The molecule has 31 heavy (non-hydrogen) atoms. The quantitative estimate of drug-likeness (QED) is 0.362. The van der Waals surface area contributed by atoms with Crippen LogP contribution in [0.1, 0.15) is 60.3 Å². The van der Waals surface area contributed by atoms with Gasteiger partial charge in [-0.2, -0.15) is 0 Å². The van der Waals surface area contributed by atoms with E-state index in [1.807, 2.05) is 12.1 Å². The van der Waals surface area contributed by atoms with Crippen molar-refractivity contribution in [3.8, 4) is 11.1 Å². The van der Waals surface area contributed by atoms with E-state index in [-0.39, 0.29) is 17.0 Å². The van der Waals surface area contributed by atoms with Crippen molar-refractivity contribution in [2.24, 2.45) is 0 Å². The zero-order valence-electron chi connectivity index (χ0n) is 17.7. The molecule has 0 aromatic heterocycles. The van der Waals surface area contributed by atoms with E-state index in [0.717, 1.165) is 31.2 Å². The maximum absolute atomic E-state index is 14.7. The zero-order valence-corrected chi connectivity index (χ0v) is 17.7. The Morgan fingerprint density at radius 3 is 2.10 bits per heavy atom. The summed E-state index contributed by atoms with van der Waals surface area (Å²) in [6.07, 6.45) is 6.07. The van der Waals surface area contributed by atoms with Crippen LogP contribution in [-0.4, -0.2) is 0 Å². The molecule has 0 nitrogen and oxygen atoms in total. The van der Waals surface area contributed by atoms with Gasteiger partial charge in [0, 0.05) is 5.56 Å². The van der Waals surface area contributed by atoms with Gasteiger partial charge in [-0.15, -0.1) is 0 Å². The van der Waals surface area contributed by atoms with Crippen molar-refractivity contribution in [1.82, 2.24) is 0 Å². The first-order valence-electron chi connectivity index (χ1n) is 11.0. The highest BCUT2D eigenvalue weighted by atomic mass is 19.2. The van der Waals surface area contributed by atoms with Crippen LogP contribution in [0.3, 0.4) is 0 Å². The van der Waals surface area contributed by atoms with Crippen molar-refractivity contribution in [3.05, 3.63) is 94.1 Å². The molecule has 0 bridgehead atoms. The molecular weight excluding hydrogens is 400 g/mol. The van der Waals surface area contributed by atoms with Crippen LogP contribution in [0.2, 0.25) is 0 Å². The van der Waals surface area contributed by atoms with Gasteiger partial charge in [-0.3, -0.25) is 0 Å². The van der Waals surface area contributed by atoms with Crippen LogP contribution in [0.4, 0.5) is 17.6 Å². The van der Waals surface area contributed by atoms with E-state index >= 15 is 0 Å². The van der Waals surface area contributed by atoms with Crippen molar-refractivity contribution in [3.63, 3.8) is 0 Å². The van der Waals surface area contributed by atoms with Gasteiger partial charge in [0.25, 0.3) is 0 Å². The third-order valence-electron chi connectivity index (χ3n) is 6.46. The number of hydrogen-bond acceptors (Lipinski definition) is 0. The van der Waals surface area contributed by atoms with Gasteiger partial charge in [-0.25, -0.2) is 17.6 Å². The van der Waals surface area contributed by atoms with Crippen molar-refractivity contribution < 1.29 is 17.6 Å². The van der Waals surface area contributed by atoms with Gasteiger partial charge in [-0.1, -0.05) is 67.8 Å². The molecule has 4 heteroatoms. The first kappa shape index (κ1) is 21.6. The summed E-state index contributed by atoms with van der Waals surface area (Å²) >= 11 is 0. The Balaban J connectivity index is 1.46. The molecule has 0 saturated heterocycles. The maximum Gasteiger partial charge on any atom is 0.166 e. The van der Waals surface area contributed by atoms with E-state index in [9.17, 15) is 17.6 Å². The van der Waals surface area contributed by atoms with Crippen molar-refractivity contribution in [1.29, 1.82) is 0 Å². The van der Waals surface area contributed by atoms with Crippen LogP contribution in [0.15, 0.2) is 48.5 Å². The molecule has 0 aliphatic heterocycles. The van der Waals surface area contributed by atoms with Crippen molar-refractivity contribution in [2.45, 2.75) is 57.8 Å². The molecule has 1 fully saturated rings. The molecule has 0 amide bonds. The lowest BCUT2D eigenvalue weighted by atomic mass is 9.83. The monoisotopic (exact) mass is 426 g/mol. The molecule has 3 aromatic carbocycles. The summed E-state index contributed by atoms with van der Waals surface area (Å²) in [6.45, 7) is 1.52. The first-order chi connectivity index (χ1) is 15.0. The fourth-order valence-corrected chi connectivity index (χ4v) is 4.53. The number of aryl methyl sites for hydroxylation is 3. The molecule has 0 spiro atoms. The summed E-state index contributed by atoms with van der Waals surface area (Å²) in [5.41, 5.74) is 2.86. The average molecular weight is 426 g/mol. The Bertz CT molecular complexity index is 1060. The highest BCUT2D eigenvalue weighted by molar-refractivity contribution is 5.65. The maximum atomic E-state index is 14.7. The lowest BCUT2D eigenvalue weighted by Crippen LogP contribution is -2.09. The first-order valence-corrected chi connectivity index (χ1v) is 11.0. The van der Waals surface area contributed by atoms with E-state index in [1.165, 1.54) is 13.3 Å². The average Bonchev–Trinajstić information content (AvgIpc) is 2.80. The zero-order chi connectivity index (χ0) is 22.0. The molecule has 1 saturated carbocycles. The Morgan fingerprint density at radius 1 is 0.677 bits per heavy atom. The number of hydrogen-bond donors (Lipinski definition) is 0. The minimum Gasteiger partial charge on any atom is -0.203 e. The van der Waals surface area contributed by atoms with Gasteiger partial charge in [0.15, 0.2) is 23.3 Å². The topological polar surface area (TPSA) is 0 Å². The highest BCUT2D eigenvalue weighted by Crippen LogP contribution is 2.35. The third-order valence-corrected chi connectivity index (χ3v) is 6.46. The second kappa shape index (κ2) is 9.25. The van der Waals surface area contributed by atoms with Crippen LogP contribution < -0.4 is 0 Å². The normalized spacial score (nSPS) is 14.7. The predicted molar refractivity (Wildman–Crippen MR) is 116 cm³/mol. The predicted octanol–water partition coefficient (Wildman–Crippen LogP) is 8.05. The van der Waals surface area contributed by atoms with Crippen molar-refractivity contribution >= 4 is 0 Å². The molecule has 1 aliphatic rings. The van der Waals surface area contributed by atoms with Gasteiger partial charge in [0.1, 0.15) is 0 Å². The summed E-state index contributed by atoms with van der Waals surface area (Å²) < 4.78 is 57.4. The molecular formula is C27H26F4. The van der Waals surface area contributed by atoms with E-state index in [4.69, 9.17) is 0 Å². The molecule has 4 rings (SSSR count). The molecule has 0 unspecified atom stereocenters. The molecule has 162 valence electrons. The van der Waals surface area contributed by atoms with Gasteiger partial charge in [0.2, 0.25) is 0 Å². The van der Waals surface area contributed by atoms with E-state index in [0.29, 0.717) is 29.5 Å². The van der Waals surface area contributed by atoms with E-state index < -0.39 is 23.3 Å². The number of rotatable bonds is 5. The lowest BCUT2D eigenvalue weighted by molar-refractivity contribution is 0.415. The van der Waals surface area contributed by atoms with Crippen LogP contribution in [-0.2, 0) is 12.8 Å². The Hall–Kier alpha value is -2.62. The largest absolute Gasteiger partial charge is 0.203 e. The van der Waals surface area contributed by atoms with Crippen LogP contribution in [0.5, 0.6) is 0 Å². The fourth-order valence-electron chi connectivity index (χ4n) is 4.53. The Labute approximate surface area is 180 Å². The van der Waals surface area contributed by atoms with Crippen molar-refractivity contribution in [2.75, 3.05) is 0 Å². The van der Waals surface area contributed by atoms with Gasteiger partial charge in [0.05, 0.1) is 0 Å². The molecule has 3 aromatic rings. The summed E-state index contributed by atoms with van der Waals surface area (Å²) in [4.78, 5) is 0. The van der Waals surface area contributed by atoms with E-state index in [1.54, 1.807) is 36.4 Å². The second-order valence-electron chi connectivity index (χ2n) is 8.53. The Morgan fingerprint density at radius 2 is 1.39 bits per heavy atom. The fraction of sp³-hybridized carbons (Fsp3) is 0.333. The summed E-state index contributed by atoms with van der Waals surface area (Å²) in [5.74, 6) is -3.01. The lowest BCUT2D eigenvalue weighted by Gasteiger charge is -2.23. The summed E-state index contributed by atoms with van der Waals surface area (Å²) in [6, 6.07) is 13.7. The van der Waals surface area contributed by atoms with Crippen LogP contribution >= 0.6 is 0 Å².